The monoisotopic (exact) mass is 295 g/mol. The van der Waals surface area contributed by atoms with Gasteiger partial charge in [0, 0.05) is 12.1 Å². The summed E-state index contributed by atoms with van der Waals surface area (Å²) in [5.41, 5.74) is 0.986. The SMILES string of the molecule is Cc1oc(C(=O)O)cc1CN(CCC(C)C)CCC(C)C. The summed E-state index contributed by atoms with van der Waals surface area (Å²) in [6.07, 6.45) is 2.31. The van der Waals surface area contributed by atoms with Gasteiger partial charge in [0.05, 0.1) is 0 Å². The van der Waals surface area contributed by atoms with Crippen molar-refractivity contribution in [1.82, 2.24) is 4.90 Å². The molecule has 0 unspecified atom stereocenters. The number of carboxylic acid groups (broad SMARTS) is 1. The Bertz CT molecular complexity index is 437. The fraction of sp³-hybridized carbons (Fsp3) is 0.706. The third kappa shape index (κ3) is 6.34. The van der Waals surface area contributed by atoms with Crippen molar-refractivity contribution in [2.75, 3.05) is 13.1 Å². The smallest absolute Gasteiger partial charge is 0.371 e. The van der Waals surface area contributed by atoms with Gasteiger partial charge in [-0.3, -0.25) is 4.90 Å². The van der Waals surface area contributed by atoms with Crippen LogP contribution in [-0.4, -0.2) is 29.1 Å². The molecule has 0 aliphatic heterocycles. The van der Waals surface area contributed by atoms with E-state index in [4.69, 9.17) is 9.52 Å². The van der Waals surface area contributed by atoms with Gasteiger partial charge in [0.25, 0.3) is 0 Å². The summed E-state index contributed by atoms with van der Waals surface area (Å²) >= 11 is 0. The second-order valence-electron chi connectivity index (χ2n) is 6.64. The Labute approximate surface area is 128 Å². The van der Waals surface area contributed by atoms with Crippen molar-refractivity contribution in [3.63, 3.8) is 0 Å². The van der Waals surface area contributed by atoms with Gasteiger partial charge in [0.15, 0.2) is 0 Å². The second kappa shape index (κ2) is 8.23. The van der Waals surface area contributed by atoms with Crippen molar-refractivity contribution in [3.8, 4) is 0 Å². The number of hydrogen-bond donors (Lipinski definition) is 1. The molecular formula is C17H29NO3. The number of nitrogens with zero attached hydrogens (tertiary/aromatic N) is 1. The van der Waals surface area contributed by atoms with E-state index in [1.807, 2.05) is 6.92 Å². The van der Waals surface area contributed by atoms with Gasteiger partial charge >= 0.3 is 5.97 Å². The van der Waals surface area contributed by atoms with Crippen LogP contribution in [0.1, 0.15) is 62.4 Å². The first-order chi connectivity index (χ1) is 9.79. The number of furan rings is 1. The lowest BCUT2D eigenvalue weighted by Crippen LogP contribution is -2.27. The minimum Gasteiger partial charge on any atom is -0.475 e. The van der Waals surface area contributed by atoms with Crippen molar-refractivity contribution >= 4 is 5.97 Å². The van der Waals surface area contributed by atoms with Crippen LogP contribution < -0.4 is 0 Å². The van der Waals surface area contributed by atoms with Crippen LogP contribution in [0, 0.1) is 18.8 Å². The standard InChI is InChI=1S/C17H29NO3/c1-12(2)6-8-18(9-7-13(3)4)11-15-10-16(17(19)20)21-14(15)5/h10,12-13H,6-9,11H2,1-5H3,(H,19,20). The highest BCUT2D eigenvalue weighted by Gasteiger charge is 2.16. The second-order valence-corrected chi connectivity index (χ2v) is 6.64. The third-order valence-corrected chi connectivity index (χ3v) is 3.67. The van der Waals surface area contributed by atoms with E-state index in [1.54, 1.807) is 6.07 Å². The number of carboxylic acids is 1. The van der Waals surface area contributed by atoms with Crippen molar-refractivity contribution in [3.05, 3.63) is 23.2 Å². The number of carbonyl (C=O) groups is 1. The average molecular weight is 295 g/mol. The minimum atomic E-state index is -1.000. The van der Waals surface area contributed by atoms with Gasteiger partial charge in [0.2, 0.25) is 5.76 Å². The third-order valence-electron chi connectivity index (χ3n) is 3.67. The Morgan fingerprint density at radius 3 is 2.10 bits per heavy atom. The molecular weight excluding hydrogens is 266 g/mol. The minimum absolute atomic E-state index is 0.0372. The van der Waals surface area contributed by atoms with Crippen LogP contribution in [0.15, 0.2) is 10.5 Å². The zero-order chi connectivity index (χ0) is 16.0. The van der Waals surface area contributed by atoms with E-state index < -0.39 is 5.97 Å². The van der Waals surface area contributed by atoms with Crippen LogP contribution in [0.2, 0.25) is 0 Å². The maximum atomic E-state index is 11.0. The lowest BCUT2D eigenvalue weighted by molar-refractivity contribution is 0.0661. The highest BCUT2D eigenvalue weighted by Crippen LogP contribution is 2.18. The molecule has 0 aromatic carbocycles. The predicted molar refractivity (Wildman–Crippen MR) is 84.6 cm³/mol. The normalized spacial score (nSPS) is 11.8. The molecule has 0 amide bonds. The summed E-state index contributed by atoms with van der Waals surface area (Å²) in [5.74, 6) is 1.10. The van der Waals surface area contributed by atoms with E-state index in [0.29, 0.717) is 17.6 Å². The van der Waals surface area contributed by atoms with E-state index in [1.165, 1.54) is 0 Å². The van der Waals surface area contributed by atoms with E-state index in [9.17, 15) is 4.79 Å². The molecule has 0 fully saturated rings. The van der Waals surface area contributed by atoms with E-state index >= 15 is 0 Å². The van der Waals surface area contributed by atoms with Gasteiger partial charge in [-0.2, -0.15) is 0 Å². The Kier molecular flexibility index (Phi) is 6.96. The largest absolute Gasteiger partial charge is 0.475 e. The molecule has 0 aliphatic carbocycles. The highest BCUT2D eigenvalue weighted by molar-refractivity contribution is 5.84. The molecule has 1 aromatic rings. The summed E-state index contributed by atoms with van der Waals surface area (Å²) in [6.45, 7) is 13.6. The Morgan fingerprint density at radius 2 is 1.71 bits per heavy atom. The number of rotatable bonds is 9. The molecule has 0 bridgehead atoms. The van der Waals surface area contributed by atoms with Gasteiger partial charge in [0.1, 0.15) is 5.76 Å². The zero-order valence-electron chi connectivity index (χ0n) is 14.0. The van der Waals surface area contributed by atoms with Crippen molar-refractivity contribution < 1.29 is 14.3 Å². The van der Waals surface area contributed by atoms with Crippen LogP contribution in [-0.2, 0) is 6.54 Å². The van der Waals surface area contributed by atoms with E-state index in [0.717, 1.165) is 38.0 Å². The lowest BCUT2D eigenvalue weighted by Gasteiger charge is -2.24. The molecule has 0 aliphatic rings. The molecule has 1 rings (SSSR count). The molecule has 1 aromatic heterocycles. The first-order valence-corrected chi connectivity index (χ1v) is 7.84. The molecule has 0 spiro atoms. The Hall–Kier alpha value is -1.29. The van der Waals surface area contributed by atoms with Crippen LogP contribution in [0.4, 0.5) is 0 Å². The van der Waals surface area contributed by atoms with Crippen molar-refractivity contribution in [1.29, 1.82) is 0 Å². The van der Waals surface area contributed by atoms with E-state index in [2.05, 4.69) is 32.6 Å². The van der Waals surface area contributed by atoms with Crippen LogP contribution >= 0.6 is 0 Å². The number of aromatic carboxylic acids is 1. The maximum Gasteiger partial charge on any atom is 0.371 e. The van der Waals surface area contributed by atoms with Gasteiger partial charge in [-0.25, -0.2) is 4.79 Å². The molecule has 4 nitrogen and oxygen atoms in total. The fourth-order valence-corrected chi connectivity index (χ4v) is 2.17. The number of aryl methyl sites for hydroxylation is 1. The molecule has 0 atom stereocenters. The molecule has 0 saturated heterocycles. The van der Waals surface area contributed by atoms with Crippen molar-refractivity contribution in [2.24, 2.45) is 11.8 Å². The van der Waals surface area contributed by atoms with Gasteiger partial charge < -0.3 is 9.52 Å². The summed E-state index contributed by atoms with van der Waals surface area (Å²) in [6, 6.07) is 1.66. The molecule has 21 heavy (non-hydrogen) atoms. The molecule has 1 heterocycles. The van der Waals surface area contributed by atoms with Gasteiger partial charge in [-0.05, 0) is 50.8 Å². The summed E-state index contributed by atoms with van der Waals surface area (Å²) in [4.78, 5) is 13.4. The Balaban J connectivity index is 2.71. The number of hydrogen-bond acceptors (Lipinski definition) is 3. The summed E-state index contributed by atoms with van der Waals surface area (Å²) in [7, 11) is 0. The molecule has 4 heteroatoms. The van der Waals surface area contributed by atoms with E-state index in [-0.39, 0.29) is 5.76 Å². The highest BCUT2D eigenvalue weighted by atomic mass is 16.4. The molecule has 1 N–H and O–H groups in total. The average Bonchev–Trinajstić information content (AvgIpc) is 2.74. The lowest BCUT2D eigenvalue weighted by atomic mass is 10.1. The maximum absolute atomic E-state index is 11.0. The first kappa shape index (κ1) is 17.8. The molecule has 120 valence electrons. The predicted octanol–water partition coefficient (Wildman–Crippen LogP) is 4.18. The first-order valence-electron chi connectivity index (χ1n) is 7.84. The molecule has 0 saturated carbocycles. The summed E-state index contributed by atoms with van der Waals surface area (Å²) in [5, 5.41) is 9.00. The van der Waals surface area contributed by atoms with Gasteiger partial charge in [-0.15, -0.1) is 0 Å². The van der Waals surface area contributed by atoms with Gasteiger partial charge in [-0.1, -0.05) is 27.7 Å². The van der Waals surface area contributed by atoms with Crippen molar-refractivity contribution in [2.45, 2.75) is 54.0 Å². The zero-order valence-corrected chi connectivity index (χ0v) is 14.0. The molecule has 0 radical (unpaired) electrons. The van der Waals surface area contributed by atoms with Crippen LogP contribution in [0.3, 0.4) is 0 Å². The fourth-order valence-electron chi connectivity index (χ4n) is 2.17. The summed E-state index contributed by atoms with van der Waals surface area (Å²) < 4.78 is 5.30. The van der Waals surface area contributed by atoms with Crippen LogP contribution in [0.5, 0.6) is 0 Å². The van der Waals surface area contributed by atoms with Crippen LogP contribution in [0.25, 0.3) is 0 Å². The Morgan fingerprint density at radius 1 is 1.19 bits per heavy atom. The quantitative estimate of drug-likeness (QED) is 0.742. The topological polar surface area (TPSA) is 53.7 Å².